The van der Waals surface area contributed by atoms with E-state index >= 15 is 0 Å². The molecule has 0 aliphatic rings. The van der Waals surface area contributed by atoms with E-state index in [0.717, 1.165) is 15.8 Å². The van der Waals surface area contributed by atoms with Crippen LogP contribution in [0.15, 0.2) is 45.5 Å². The fourth-order valence-corrected chi connectivity index (χ4v) is 2.43. The highest BCUT2D eigenvalue weighted by Crippen LogP contribution is 2.23. The molecule has 0 spiro atoms. The molecule has 108 valence electrons. The number of benzene rings is 1. The molecule has 3 rings (SSSR count). The summed E-state index contributed by atoms with van der Waals surface area (Å²) in [4.78, 5) is 0. The molecule has 6 nitrogen and oxygen atoms in total. The molecule has 0 fully saturated rings. The normalized spacial score (nSPS) is 12.3. The number of para-hydroxylation sites is 1. The van der Waals surface area contributed by atoms with Crippen LogP contribution in [0.2, 0.25) is 0 Å². The van der Waals surface area contributed by atoms with Crippen molar-refractivity contribution in [2.45, 2.75) is 19.9 Å². The molecule has 0 saturated carbocycles. The average Bonchev–Trinajstić information content (AvgIpc) is 3.08. The van der Waals surface area contributed by atoms with Gasteiger partial charge in [0.2, 0.25) is 11.8 Å². The predicted octanol–water partition coefficient (Wildman–Crippen LogP) is 3.50. The molecule has 1 unspecified atom stereocenters. The molecule has 2 aromatic heterocycles. The zero-order valence-electron chi connectivity index (χ0n) is 11.6. The van der Waals surface area contributed by atoms with E-state index in [1.807, 2.05) is 37.4 Å². The van der Waals surface area contributed by atoms with Crippen molar-refractivity contribution in [1.82, 2.24) is 20.0 Å². The topological polar surface area (TPSA) is 68.8 Å². The Kier molecular flexibility index (Phi) is 3.74. The van der Waals surface area contributed by atoms with Crippen LogP contribution >= 0.6 is 15.9 Å². The maximum atomic E-state index is 5.41. The summed E-state index contributed by atoms with van der Waals surface area (Å²) in [6, 6.07) is 7.83. The Morgan fingerprint density at radius 3 is 2.81 bits per heavy atom. The van der Waals surface area contributed by atoms with Crippen LogP contribution in [-0.4, -0.2) is 20.0 Å². The van der Waals surface area contributed by atoms with Crippen LogP contribution in [0.5, 0.6) is 0 Å². The van der Waals surface area contributed by atoms with Crippen molar-refractivity contribution in [2.24, 2.45) is 0 Å². The minimum absolute atomic E-state index is 0.0805. The first-order valence-corrected chi connectivity index (χ1v) is 7.29. The van der Waals surface area contributed by atoms with Crippen LogP contribution < -0.4 is 5.32 Å². The smallest absolute Gasteiger partial charge is 0.238 e. The summed E-state index contributed by atoms with van der Waals surface area (Å²) in [7, 11) is 0. The van der Waals surface area contributed by atoms with Gasteiger partial charge in [-0.15, -0.1) is 10.2 Å². The molecule has 1 atom stereocenters. The standard InChI is InChI=1S/C14H14BrN5O/c1-9(14-19-18-10(2)21-14)17-11-7-16-20(8-11)13-6-4-3-5-12(13)15/h3-9,17H,1-2H3. The molecule has 3 aromatic rings. The van der Waals surface area contributed by atoms with Crippen LogP contribution in [0.4, 0.5) is 5.69 Å². The van der Waals surface area contributed by atoms with Crippen LogP contribution in [0, 0.1) is 6.92 Å². The lowest BCUT2D eigenvalue weighted by molar-refractivity contribution is 0.451. The zero-order valence-corrected chi connectivity index (χ0v) is 13.2. The highest BCUT2D eigenvalue weighted by molar-refractivity contribution is 9.10. The number of hydrogen-bond donors (Lipinski definition) is 1. The van der Waals surface area contributed by atoms with Gasteiger partial charge in [-0.2, -0.15) is 5.10 Å². The Labute approximate surface area is 130 Å². The molecule has 0 amide bonds. The van der Waals surface area contributed by atoms with Crippen LogP contribution in [-0.2, 0) is 0 Å². The second-order valence-corrected chi connectivity index (χ2v) is 5.50. The van der Waals surface area contributed by atoms with Crippen molar-refractivity contribution in [3.63, 3.8) is 0 Å². The first kappa shape index (κ1) is 13.8. The first-order chi connectivity index (χ1) is 10.1. The molecule has 0 bridgehead atoms. The number of rotatable bonds is 4. The highest BCUT2D eigenvalue weighted by Gasteiger charge is 2.13. The van der Waals surface area contributed by atoms with Crippen LogP contribution in [0.3, 0.4) is 0 Å². The SMILES string of the molecule is Cc1nnc(C(C)Nc2cnn(-c3ccccc3Br)c2)o1. The molecule has 0 aliphatic heterocycles. The second-order valence-electron chi connectivity index (χ2n) is 4.65. The summed E-state index contributed by atoms with van der Waals surface area (Å²) < 4.78 is 8.20. The minimum Gasteiger partial charge on any atom is -0.423 e. The maximum Gasteiger partial charge on any atom is 0.238 e. The summed E-state index contributed by atoms with van der Waals surface area (Å²) >= 11 is 3.52. The van der Waals surface area contributed by atoms with Crippen molar-refractivity contribution in [2.75, 3.05) is 5.32 Å². The van der Waals surface area contributed by atoms with Crippen molar-refractivity contribution >= 4 is 21.6 Å². The monoisotopic (exact) mass is 347 g/mol. The number of nitrogens with one attached hydrogen (secondary N) is 1. The highest BCUT2D eigenvalue weighted by atomic mass is 79.9. The van der Waals surface area contributed by atoms with Gasteiger partial charge in [-0.1, -0.05) is 12.1 Å². The van der Waals surface area contributed by atoms with Crippen molar-refractivity contribution in [3.05, 3.63) is 52.9 Å². The van der Waals surface area contributed by atoms with E-state index < -0.39 is 0 Å². The molecule has 0 radical (unpaired) electrons. The van der Waals surface area contributed by atoms with Gasteiger partial charge in [-0.25, -0.2) is 4.68 Å². The number of aromatic nitrogens is 4. The molecule has 21 heavy (non-hydrogen) atoms. The Morgan fingerprint density at radius 1 is 1.29 bits per heavy atom. The molecular weight excluding hydrogens is 334 g/mol. The number of nitrogens with zero attached hydrogens (tertiary/aromatic N) is 4. The third kappa shape index (κ3) is 2.97. The van der Waals surface area contributed by atoms with Crippen LogP contribution in [0.25, 0.3) is 5.69 Å². The van der Waals surface area contributed by atoms with E-state index in [4.69, 9.17) is 4.42 Å². The number of anilines is 1. The Balaban J connectivity index is 1.78. The van der Waals surface area contributed by atoms with E-state index in [-0.39, 0.29) is 6.04 Å². The van der Waals surface area contributed by atoms with Gasteiger partial charge in [0.05, 0.1) is 23.8 Å². The lowest BCUT2D eigenvalue weighted by Gasteiger charge is -2.08. The molecule has 2 heterocycles. The van der Waals surface area contributed by atoms with Gasteiger partial charge in [0.15, 0.2) is 0 Å². The summed E-state index contributed by atoms with van der Waals surface area (Å²) in [6.45, 7) is 3.73. The molecule has 0 saturated heterocycles. The first-order valence-electron chi connectivity index (χ1n) is 6.49. The van der Waals surface area contributed by atoms with Crippen molar-refractivity contribution < 1.29 is 4.42 Å². The second kappa shape index (κ2) is 5.69. The third-order valence-electron chi connectivity index (χ3n) is 2.98. The van der Waals surface area contributed by atoms with Gasteiger partial charge in [-0.3, -0.25) is 0 Å². The van der Waals surface area contributed by atoms with Crippen molar-refractivity contribution in [1.29, 1.82) is 0 Å². The Hall–Kier alpha value is -2.15. The zero-order chi connectivity index (χ0) is 14.8. The summed E-state index contributed by atoms with van der Waals surface area (Å²) in [5.74, 6) is 1.11. The van der Waals surface area contributed by atoms with Gasteiger partial charge >= 0.3 is 0 Å². The molecular formula is C14H14BrN5O. The fraction of sp³-hybridized carbons (Fsp3) is 0.214. The van der Waals surface area contributed by atoms with Gasteiger partial charge in [0.1, 0.15) is 6.04 Å². The van der Waals surface area contributed by atoms with E-state index in [1.165, 1.54) is 0 Å². The van der Waals surface area contributed by atoms with E-state index in [1.54, 1.807) is 17.8 Å². The van der Waals surface area contributed by atoms with E-state index in [9.17, 15) is 0 Å². The minimum atomic E-state index is -0.0805. The number of aryl methyl sites for hydroxylation is 1. The maximum absolute atomic E-state index is 5.41. The van der Waals surface area contributed by atoms with E-state index in [0.29, 0.717) is 11.8 Å². The van der Waals surface area contributed by atoms with Gasteiger partial charge < -0.3 is 9.73 Å². The third-order valence-corrected chi connectivity index (χ3v) is 3.65. The lowest BCUT2D eigenvalue weighted by Crippen LogP contribution is -2.06. The summed E-state index contributed by atoms with van der Waals surface area (Å²) in [6.07, 6.45) is 3.68. The van der Waals surface area contributed by atoms with Gasteiger partial charge in [0, 0.05) is 11.4 Å². The largest absolute Gasteiger partial charge is 0.423 e. The van der Waals surface area contributed by atoms with Gasteiger partial charge in [0.25, 0.3) is 0 Å². The number of hydrogen-bond acceptors (Lipinski definition) is 5. The Morgan fingerprint density at radius 2 is 2.10 bits per heavy atom. The average molecular weight is 348 g/mol. The molecule has 0 aliphatic carbocycles. The predicted molar refractivity (Wildman–Crippen MR) is 82.3 cm³/mol. The summed E-state index contributed by atoms with van der Waals surface area (Å²) in [5, 5.41) is 15.5. The summed E-state index contributed by atoms with van der Waals surface area (Å²) in [5.41, 5.74) is 1.86. The quantitative estimate of drug-likeness (QED) is 0.782. The lowest BCUT2D eigenvalue weighted by atomic mass is 10.3. The Bertz CT molecular complexity index is 751. The number of halogens is 1. The van der Waals surface area contributed by atoms with E-state index in [2.05, 4.69) is 36.5 Å². The van der Waals surface area contributed by atoms with Crippen molar-refractivity contribution in [3.8, 4) is 5.69 Å². The molecule has 7 heteroatoms. The van der Waals surface area contributed by atoms with Crippen LogP contribution in [0.1, 0.15) is 24.7 Å². The molecule has 1 N–H and O–H groups in total. The molecule has 1 aromatic carbocycles. The van der Waals surface area contributed by atoms with Gasteiger partial charge in [-0.05, 0) is 35.0 Å². The fourth-order valence-electron chi connectivity index (χ4n) is 1.97.